The van der Waals surface area contributed by atoms with E-state index in [9.17, 15) is 4.57 Å². The third kappa shape index (κ3) is 18.1. The van der Waals surface area contributed by atoms with Crippen molar-refractivity contribution < 1.29 is 24.0 Å². The summed E-state index contributed by atoms with van der Waals surface area (Å²) in [5.74, 6) is 0. The maximum Gasteiger partial charge on any atom is 0.469 e. The molecule has 0 amide bonds. The maximum atomic E-state index is 10.4. The Morgan fingerprint density at radius 1 is 0.684 bits per heavy atom. The van der Waals surface area contributed by atoms with Crippen LogP contribution >= 0.6 is 7.82 Å². The molecule has 116 valence electrons. The van der Waals surface area contributed by atoms with Gasteiger partial charge in [-0.3, -0.25) is 4.52 Å². The van der Waals surface area contributed by atoms with Crippen molar-refractivity contribution in [3.05, 3.63) is 0 Å². The molecule has 0 atom stereocenters. The molecule has 0 aromatic carbocycles. The first-order valence-electron chi connectivity index (χ1n) is 7.37. The smallest absolute Gasteiger partial charge is 0.396 e. The molecule has 0 aromatic heterocycles. The zero-order valence-corrected chi connectivity index (χ0v) is 12.7. The second-order valence-corrected chi connectivity index (χ2v) is 6.18. The van der Waals surface area contributed by atoms with Crippen LogP contribution in [0.3, 0.4) is 0 Å². The fourth-order valence-electron chi connectivity index (χ4n) is 1.99. The van der Waals surface area contributed by atoms with Crippen LogP contribution in [0.1, 0.15) is 70.6 Å². The predicted molar refractivity (Wildman–Crippen MR) is 75.9 cm³/mol. The molecule has 0 aliphatic carbocycles. The van der Waals surface area contributed by atoms with Gasteiger partial charge >= 0.3 is 7.82 Å². The summed E-state index contributed by atoms with van der Waals surface area (Å²) in [5, 5.41) is 8.62. The molecule has 0 heterocycles. The van der Waals surface area contributed by atoms with Crippen molar-refractivity contribution in [2.75, 3.05) is 13.2 Å². The Morgan fingerprint density at radius 2 is 1.05 bits per heavy atom. The largest absolute Gasteiger partial charge is 0.469 e. The van der Waals surface area contributed by atoms with E-state index < -0.39 is 7.82 Å². The minimum atomic E-state index is -4.26. The Morgan fingerprint density at radius 3 is 1.42 bits per heavy atom. The highest BCUT2D eigenvalue weighted by Crippen LogP contribution is 2.35. The molecule has 0 spiro atoms. The van der Waals surface area contributed by atoms with Crippen molar-refractivity contribution in [2.24, 2.45) is 0 Å². The number of aliphatic hydroxyl groups is 1. The van der Waals surface area contributed by atoms with E-state index in [0.29, 0.717) is 13.0 Å². The number of unbranched alkanes of at least 4 members (excludes halogenated alkanes) is 10. The molecule has 3 N–H and O–H groups in total. The highest BCUT2D eigenvalue weighted by molar-refractivity contribution is 7.46. The van der Waals surface area contributed by atoms with E-state index in [-0.39, 0.29) is 6.61 Å². The number of aliphatic hydroxyl groups excluding tert-OH is 1. The topological polar surface area (TPSA) is 87.0 Å². The summed E-state index contributed by atoms with van der Waals surface area (Å²) >= 11 is 0. The van der Waals surface area contributed by atoms with E-state index in [1.165, 1.54) is 38.5 Å². The summed E-state index contributed by atoms with van der Waals surface area (Å²) in [6.45, 7) is 0.459. The predicted octanol–water partition coefficient (Wildman–Crippen LogP) is 3.38. The molecule has 0 radical (unpaired) electrons. The van der Waals surface area contributed by atoms with Crippen LogP contribution in [0.25, 0.3) is 0 Å². The van der Waals surface area contributed by atoms with Crippen LogP contribution < -0.4 is 0 Å². The number of phosphoric ester groups is 1. The first kappa shape index (κ1) is 19.1. The summed E-state index contributed by atoms with van der Waals surface area (Å²) in [4.78, 5) is 16.9. The SMILES string of the molecule is O=P(O)(O)OCCCCCCCCCCCCCO. The van der Waals surface area contributed by atoms with E-state index in [2.05, 4.69) is 4.52 Å². The Bertz CT molecular complexity index is 229. The molecular weight excluding hydrogens is 267 g/mol. The summed E-state index contributed by atoms with van der Waals surface area (Å²) in [7, 11) is -4.26. The van der Waals surface area contributed by atoms with Gasteiger partial charge in [-0.2, -0.15) is 0 Å². The summed E-state index contributed by atoms with van der Waals surface area (Å²) in [5.41, 5.74) is 0. The lowest BCUT2D eigenvalue weighted by molar-refractivity contribution is 0.193. The Labute approximate surface area is 116 Å². The molecule has 0 saturated carbocycles. The molecular formula is C13H29O5P. The van der Waals surface area contributed by atoms with E-state index in [1.54, 1.807) is 0 Å². The fourth-order valence-corrected chi connectivity index (χ4v) is 2.36. The Kier molecular flexibility index (Phi) is 13.1. The van der Waals surface area contributed by atoms with Crippen LogP contribution in [0, 0.1) is 0 Å². The molecule has 0 aliphatic heterocycles. The van der Waals surface area contributed by atoms with E-state index >= 15 is 0 Å². The van der Waals surface area contributed by atoms with Gasteiger partial charge in [-0.05, 0) is 12.8 Å². The molecule has 19 heavy (non-hydrogen) atoms. The lowest BCUT2D eigenvalue weighted by atomic mass is 10.1. The average Bonchev–Trinajstić information content (AvgIpc) is 2.34. The van der Waals surface area contributed by atoms with Gasteiger partial charge in [0, 0.05) is 6.61 Å². The van der Waals surface area contributed by atoms with Crippen molar-refractivity contribution in [1.82, 2.24) is 0 Å². The lowest BCUT2D eigenvalue weighted by Crippen LogP contribution is -1.92. The van der Waals surface area contributed by atoms with Gasteiger partial charge in [-0.1, -0.05) is 57.8 Å². The van der Waals surface area contributed by atoms with Gasteiger partial charge < -0.3 is 14.9 Å². The number of hydrogen-bond acceptors (Lipinski definition) is 3. The summed E-state index contributed by atoms with van der Waals surface area (Å²) < 4.78 is 14.8. The minimum Gasteiger partial charge on any atom is -0.396 e. The van der Waals surface area contributed by atoms with Crippen LogP contribution in [0.4, 0.5) is 0 Å². The van der Waals surface area contributed by atoms with Crippen LogP contribution in [0.2, 0.25) is 0 Å². The maximum absolute atomic E-state index is 10.4. The van der Waals surface area contributed by atoms with E-state index in [4.69, 9.17) is 14.9 Å². The van der Waals surface area contributed by atoms with Crippen LogP contribution in [-0.4, -0.2) is 28.1 Å². The molecule has 0 fully saturated rings. The van der Waals surface area contributed by atoms with Gasteiger partial charge in [-0.25, -0.2) is 4.57 Å². The molecule has 0 aliphatic rings. The molecule has 5 nitrogen and oxygen atoms in total. The first-order chi connectivity index (χ1) is 9.06. The number of rotatable bonds is 14. The van der Waals surface area contributed by atoms with Gasteiger partial charge in [0.15, 0.2) is 0 Å². The van der Waals surface area contributed by atoms with Crippen LogP contribution in [0.15, 0.2) is 0 Å². The highest BCUT2D eigenvalue weighted by Gasteiger charge is 2.12. The fraction of sp³-hybridized carbons (Fsp3) is 1.00. The molecule has 0 aromatic rings. The van der Waals surface area contributed by atoms with Gasteiger partial charge in [0.25, 0.3) is 0 Å². The highest BCUT2D eigenvalue weighted by atomic mass is 31.2. The normalized spacial score (nSPS) is 11.9. The summed E-state index contributed by atoms with van der Waals surface area (Å²) in [6.07, 6.45) is 12.3. The summed E-state index contributed by atoms with van der Waals surface area (Å²) in [6, 6.07) is 0. The Hall–Kier alpha value is 0.0700. The van der Waals surface area contributed by atoms with Crippen molar-refractivity contribution in [3.8, 4) is 0 Å². The van der Waals surface area contributed by atoms with Crippen molar-refractivity contribution in [3.63, 3.8) is 0 Å². The lowest BCUT2D eigenvalue weighted by Gasteiger charge is -2.05. The molecule has 0 bridgehead atoms. The molecule has 0 unspecified atom stereocenters. The zero-order valence-electron chi connectivity index (χ0n) is 11.8. The van der Waals surface area contributed by atoms with Gasteiger partial charge in [0.2, 0.25) is 0 Å². The number of phosphoric acid groups is 1. The number of hydrogen-bond donors (Lipinski definition) is 3. The third-order valence-electron chi connectivity index (χ3n) is 3.06. The van der Waals surface area contributed by atoms with Crippen molar-refractivity contribution in [1.29, 1.82) is 0 Å². The first-order valence-corrected chi connectivity index (χ1v) is 8.90. The molecule has 0 saturated heterocycles. The van der Waals surface area contributed by atoms with Gasteiger partial charge in [0.1, 0.15) is 0 Å². The van der Waals surface area contributed by atoms with Crippen LogP contribution in [-0.2, 0) is 9.09 Å². The van der Waals surface area contributed by atoms with E-state index in [1.807, 2.05) is 0 Å². The quantitative estimate of drug-likeness (QED) is 0.338. The Balaban J connectivity index is 3.01. The average molecular weight is 296 g/mol. The van der Waals surface area contributed by atoms with Gasteiger partial charge in [0.05, 0.1) is 6.61 Å². The van der Waals surface area contributed by atoms with Crippen molar-refractivity contribution >= 4 is 7.82 Å². The standard InChI is InChI=1S/C13H29O5P/c14-12-10-8-6-4-2-1-3-5-7-9-11-13-18-19(15,16)17/h14H,1-13H2,(H2,15,16,17). The minimum absolute atomic E-state index is 0.148. The van der Waals surface area contributed by atoms with Crippen molar-refractivity contribution in [2.45, 2.75) is 70.6 Å². The second kappa shape index (κ2) is 13.1. The molecule has 0 rings (SSSR count). The van der Waals surface area contributed by atoms with E-state index in [0.717, 1.165) is 25.7 Å². The molecule has 6 heteroatoms. The zero-order chi connectivity index (χ0) is 14.4. The monoisotopic (exact) mass is 296 g/mol. The third-order valence-corrected chi connectivity index (χ3v) is 3.58. The van der Waals surface area contributed by atoms with Gasteiger partial charge in [-0.15, -0.1) is 0 Å². The van der Waals surface area contributed by atoms with Crippen LogP contribution in [0.5, 0.6) is 0 Å². The second-order valence-electron chi connectivity index (χ2n) is 4.94.